The van der Waals surface area contributed by atoms with E-state index in [-0.39, 0.29) is 0 Å². The summed E-state index contributed by atoms with van der Waals surface area (Å²) in [4.78, 5) is 2.67. The molecule has 0 radical (unpaired) electrons. The summed E-state index contributed by atoms with van der Waals surface area (Å²) in [5.41, 5.74) is 0. The number of piperidine rings is 1. The molecule has 90 valence electrons. The van der Waals surface area contributed by atoms with Gasteiger partial charge in [-0.15, -0.1) is 0 Å². The zero-order chi connectivity index (χ0) is 11.3. The third-order valence-corrected chi connectivity index (χ3v) is 3.85. The van der Waals surface area contributed by atoms with Crippen molar-refractivity contribution in [3.8, 4) is 0 Å². The maximum absolute atomic E-state index is 3.58. The van der Waals surface area contributed by atoms with E-state index in [0.717, 1.165) is 18.6 Å². The van der Waals surface area contributed by atoms with Crippen LogP contribution in [0.25, 0.3) is 0 Å². The molecule has 1 fully saturated rings. The first-order valence-corrected chi connectivity index (χ1v) is 6.64. The summed E-state index contributed by atoms with van der Waals surface area (Å²) < 4.78 is 0. The summed E-state index contributed by atoms with van der Waals surface area (Å²) in [6.45, 7) is 11.6. The summed E-state index contributed by atoms with van der Waals surface area (Å²) in [6, 6.07) is 2.24. The molecule has 15 heavy (non-hydrogen) atoms. The van der Waals surface area contributed by atoms with Gasteiger partial charge < -0.3 is 5.32 Å². The molecule has 0 aromatic rings. The molecule has 1 N–H and O–H groups in total. The van der Waals surface area contributed by atoms with E-state index >= 15 is 0 Å². The third-order valence-electron chi connectivity index (χ3n) is 3.85. The highest BCUT2D eigenvalue weighted by atomic mass is 15.2. The molecule has 0 amide bonds. The van der Waals surface area contributed by atoms with Crippen LogP contribution in [-0.4, -0.2) is 36.1 Å². The van der Waals surface area contributed by atoms with E-state index in [1.165, 1.54) is 32.2 Å². The summed E-state index contributed by atoms with van der Waals surface area (Å²) in [7, 11) is 0. The zero-order valence-corrected chi connectivity index (χ0v) is 10.9. The Balaban J connectivity index is 2.23. The van der Waals surface area contributed by atoms with Crippen LogP contribution in [0.5, 0.6) is 0 Å². The average molecular weight is 212 g/mol. The van der Waals surface area contributed by atoms with Crippen LogP contribution in [0.2, 0.25) is 0 Å². The number of nitrogens with one attached hydrogen (secondary N) is 1. The summed E-state index contributed by atoms with van der Waals surface area (Å²) in [5.74, 6) is 0. The minimum atomic E-state index is 0.667. The van der Waals surface area contributed by atoms with E-state index in [2.05, 4.69) is 37.9 Å². The zero-order valence-electron chi connectivity index (χ0n) is 10.9. The minimum Gasteiger partial charge on any atom is -0.313 e. The van der Waals surface area contributed by atoms with Crippen LogP contribution in [0.4, 0.5) is 0 Å². The fourth-order valence-electron chi connectivity index (χ4n) is 2.50. The maximum atomic E-state index is 3.58. The summed E-state index contributed by atoms with van der Waals surface area (Å²) in [6.07, 6.45) is 5.41. The molecule has 0 aliphatic carbocycles. The molecule has 2 nitrogen and oxygen atoms in total. The Morgan fingerprint density at radius 3 is 2.40 bits per heavy atom. The standard InChI is InChI=1S/C13H28N2/c1-5-11(2)14-9-10-15-12(3)7-6-8-13(15)4/h11-14H,5-10H2,1-4H3/t11?,12-,13+. The van der Waals surface area contributed by atoms with E-state index in [1.807, 2.05) is 0 Å². The van der Waals surface area contributed by atoms with Crippen molar-refractivity contribution in [2.75, 3.05) is 13.1 Å². The first kappa shape index (κ1) is 13.0. The Morgan fingerprint density at radius 1 is 1.27 bits per heavy atom. The second-order valence-corrected chi connectivity index (χ2v) is 5.13. The Kier molecular flexibility index (Phi) is 5.62. The van der Waals surface area contributed by atoms with Crippen LogP contribution in [0.15, 0.2) is 0 Å². The number of likely N-dealkylation sites (tertiary alicyclic amines) is 1. The van der Waals surface area contributed by atoms with Crippen molar-refractivity contribution in [3.63, 3.8) is 0 Å². The quantitative estimate of drug-likeness (QED) is 0.753. The molecule has 1 aliphatic heterocycles. The van der Waals surface area contributed by atoms with Crippen LogP contribution in [0, 0.1) is 0 Å². The van der Waals surface area contributed by atoms with Gasteiger partial charge in [0.2, 0.25) is 0 Å². The lowest BCUT2D eigenvalue weighted by Crippen LogP contribution is -2.47. The molecule has 1 rings (SSSR count). The fourth-order valence-corrected chi connectivity index (χ4v) is 2.50. The van der Waals surface area contributed by atoms with E-state index < -0.39 is 0 Å². The number of rotatable bonds is 5. The minimum absolute atomic E-state index is 0.667. The maximum Gasteiger partial charge on any atom is 0.0113 e. The monoisotopic (exact) mass is 212 g/mol. The van der Waals surface area contributed by atoms with Gasteiger partial charge in [0.25, 0.3) is 0 Å². The first-order chi connectivity index (χ1) is 7.15. The summed E-state index contributed by atoms with van der Waals surface area (Å²) in [5, 5.41) is 3.58. The van der Waals surface area contributed by atoms with Gasteiger partial charge in [-0.05, 0) is 40.0 Å². The normalized spacial score (nSPS) is 30.4. The predicted octanol–water partition coefficient (Wildman–Crippen LogP) is 2.64. The Hall–Kier alpha value is -0.0800. The predicted molar refractivity (Wildman–Crippen MR) is 67.2 cm³/mol. The van der Waals surface area contributed by atoms with E-state index in [1.54, 1.807) is 0 Å². The van der Waals surface area contributed by atoms with Gasteiger partial charge in [-0.3, -0.25) is 4.90 Å². The SMILES string of the molecule is CCC(C)NCCN1[C@H](C)CCC[C@@H]1C. The molecule has 0 saturated carbocycles. The van der Waals surface area contributed by atoms with Crippen LogP contribution in [0.1, 0.15) is 53.4 Å². The largest absolute Gasteiger partial charge is 0.313 e. The Morgan fingerprint density at radius 2 is 1.87 bits per heavy atom. The van der Waals surface area contributed by atoms with Crippen LogP contribution in [0.3, 0.4) is 0 Å². The molecule has 0 aromatic heterocycles. The molecular weight excluding hydrogens is 184 g/mol. The van der Waals surface area contributed by atoms with Crippen molar-refractivity contribution in [3.05, 3.63) is 0 Å². The highest BCUT2D eigenvalue weighted by molar-refractivity contribution is 4.80. The van der Waals surface area contributed by atoms with Gasteiger partial charge in [0.15, 0.2) is 0 Å². The van der Waals surface area contributed by atoms with Gasteiger partial charge >= 0.3 is 0 Å². The van der Waals surface area contributed by atoms with Crippen molar-refractivity contribution in [1.82, 2.24) is 10.2 Å². The van der Waals surface area contributed by atoms with Crippen molar-refractivity contribution >= 4 is 0 Å². The number of hydrogen-bond donors (Lipinski definition) is 1. The second-order valence-electron chi connectivity index (χ2n) is 5.13. The van der Waals surface area contributed by atoms with Crippen molar-refractivity contribution in [2.24, 2.45) is 0 Å². The average Bonchev–Trinajstić information content (AvgIpc) is 2.22. The number of nitrogens with zero attached hydrogens (tertiary/aromatic N) is 1. The highest BCUT2D eigenvalue weighted by Crippen LogP contribution is 2.21. The first-order valence-electron chi connectivity index (χ1n) is 6.64. The Labute approximate surface area is 95.4 Å². The molecular formula is C13H28N2. The van der Waals surface area contributed by atoms with Gasteiger partial charge in [0.1, 0.15) is 0 Å². The molecule has 1 aliphatic rings. The van der Waals surface area contributed by atoms with Gasteiger partial charge in [-0.25, -0.2) is 0 Å². The van der Waals surface area contributed by atoms with Crippen LogP contribution in [-0.2, 0) is 0 Å². The highest BCUT2D eigenvalue weighted by Gasteiger charge is 2.23. The second kappa shape index (κ2) is 6.49. The van der Waals surface area contributed by atoms with Gasteiger partial charge in [-0.2, -0.15) is 0 Å². The molecule has 0 spiro atoms. The molecule has 1 unspecified atom stereocenters. The topological polar surface area (TPSA) is 15.3 Å². The molecule has 3 atom stereocenters. The smallest absolute Gasteiger partial charge is 0.0113 e. The van der Waals surface area contributed by atoms with Crippen molar-refractivity contribution in [2.45, 2.75) is 71.5 Å². The fraction of sp³-hybridized carbons (Fsp3) is 1.00. The lowest BCUT2D eigenvalue weighted by molar-refractivity contribution is 0.104. The lowest BCUT2D eigenvalue weighted by Gasteiger charge is -2.39. The summed E-state index contributed by atoms with van der Waals surface area (Å²) >= 11 is 0. The van der Waals surface area contributed by atoms with Crippen LogP contribution >= 0.6 is 0 Å². The van der Waals surface area contributed by atoms with Crippen molar-refractivity contribution in [1.29, 1.82) is 0 Å². The lowest BCUT2D eigenvalue weighted by atomic mass is 9.98. The molecule has 2 heteroatoms. The van der Waals surface area contributed by atoms with E-state index in [0.29, 0.717) is 6.04 Å². The van der Waals surface area contributed by atoms with Gasteiger partial charge in [0, 0.05) is 31.2 Å². The van der Waals surface area contributed by atoms with Gasteiger partial charge in [0.05, 0.1) is 0 Å². The van der Waals surface area contributed by atoms with E-state index in [9.17, 15) is 0 Å². The third kappa shape index (κ3) is 4.12. The van der Waals surface area contributed by atoms with Crippen molar-refractivity contribution < 1.29 is 0 Å². The molecule has 1 saturated heterocycles. The van der Waals surface area contributed by atoms with Gasteiger partial charge in [-0.1, -0.05) is 13.3 Å². The molecule has 0 aromatic carbocycles. The Bertz CT molecular complexity index is 160. The van der Waals surface area contributed by atoms with Crippen LogP contribution < -0.4 is 5.32 Å². The molecule has 0 bridgehead atoms. The van der Waals surface area contributed by atoms with E-state index in [4.69, 9.17) is 0 Å². The molecule has 1 heterocycles. The number of hydrogen-bond acceptors (Lipinski definition) is 2.